The van der Waals surface area contributed by atoms with Gasteiger partial charge in [-0.15, -0.1) is 0 Å². The molecule has 0 atom stereocenters. The number of aliphatic imine (C=N–C) groups is 1. The van der Waals surface area contributed by atoms with Crippen LogP contribution in [-0.4, -0.2) is 23.0 Å². The van der Waals surface area contributed by atoms with Crippen molar-refractivity contribution in [3.05, 3.63) is 53.1 Å². The van der Waals surface area contributed by atoms with Gasteiger partial charge in [-0.2, -0.15) is 0 Å². The molecule has 0 aliphatic heterocycles. The summed E-state index contributed by atoms with van der Waals surface area (Å²) in [7, 11) is 0. The highest BCUT2D eigenvalue weighted by molar-refractivity contribution is 5.95. The number of anilines is 1. The highest BCUT2D eigenvalue weighted by Crippen LogP contribution is 2.24. The molecule has 26 heavy (non-hydrogen) atoms. The summed E-state index contributed by atoms with van der Waals surface area (Å²) in [5.74, 6) is 0.717. The Hall–Kier alpha value is -2.82. The SMILES string of the molecule is C/C(=N\c1cc(CC(=O)O)c(C)cc1C)Nc1ccc(OC(C)C)cc1. The summed E-state index contributed by atoms with van der Waals surface area (Å²) in [4.78, 5) is 15.6. The van der Waals surface area contributed by atoms with Gasteiger partial charge >= 0.3 is 5.97 Å². The van der Waals surface area contributed by atoms with E-state index in [4.69, 9.17) is 9.84 Å². The standard InChI is InChI=1S/C21H26N2O3/c1-13(2)26-19-8-6-18(7-9-19)22-16(5)23-20-11-17(12-21(24)25)14(3)10-15(20)4/h6-11,13H,12H2,1-5H3,(H,22,23)(H,24,25). The van der Waals surface area contributed by atoms with E-state index >= 15 is 0 Å². The van der Waals surface area contributed by atoms with Crippen LogP contribution in [0.1, 0.15) is 37.5 Å². The second-order valence-corrected chi connectivity index (χ2v) is 6.65. The lowest BCUT2D eigenvalue weighted by molar-refractivity contribution is -0.136. The molecule has 2 N–H and O–H groups in total. The first-order chi connectivity index (χ1) is 12.2. The Bertz CT molecular complexity index is 809. The first kappa shape index (κ1) is 19.5. The average molecular weight is 354 g/mol. The van der Waals surface area contributed by atoms with Gasteiger partial charge in [0.1, 0.15) is 11.6 Å². The number of carboxylic acids is 1. The molecule has 5 nitrogen and oxygen atoms in total. The molecule has 0 fully saturated rings. The Labute approximate surface area is 154 Å². The Morgan fingerprint density at radius 2 is 1.81 bits per heavy atom. The number of carboxylic acid groups (broad SMARTS) is 1. The van der Waals surface area contributed by atoms with Crippen molar-refractivity contribution in [2.24, 2.45) is 4.99 Å². The average Bonchev–Trinajstić information content (AvgIpc) is 2.53. The van der Waals surface area contributed by atoms with E-state index in [-0.39, 0.29) is 12.5 Å². The summed E-state index contributed by atoms with van der Waals surface area (Å²) < 4.78 is 5.64. The first-order valence-corrected chi connectivity index (χ1v) is 8.65. The van der Waals surface area contributed by atoms with Crippen LogP contribution in [0.4, 0.5) is 11.4 Å². The van der Waals surface area contributed by atoms with Crippen LogP contribution in [0.3, 0.4) is 0 Å². The third kappa shape index (κ3) is 5.62. The number of aryl methyl sites for hydroxylation is 2. The van der Waals surface area contributed by atoms with E-state index in [9.17, 15) is 4.79 Å². The lowest BCUT2D eigenvalue weighted by Crippen LogP contribution is -2.08. The number of benzene rings is 2. The van der Waals surface area contributed by atoms with E-state index < -0.39 is 5.97 Å². The molecule has 0 aliphatic carbocycles. The molecule has 0 radical (unpaired) electrons. The minimum Gasteiger partial charge on any atom is -0.491 e. The fraction of sp³-hybridized carbons (Fsp3) is 0.333. The number of amidine groups is 1. The van der Waals surface area contributed by atoms with Gasteiger partial charge in [0.15, 0.2) is 0 Å². The molecule has 0 amide bonds. The van der Waals surface area contributed by atoms with Gasteiger partial charge in [-0.1, -0.05) is 6.07 Å². The summed E-state index contributed by atoms with van der Waals surface area (Å²) in [6.07, 6.45) is 0.139. The van der Waals surface area contributed by atoms with Crippen molar-refractivity contribution < 1.29 is 14.6 Å². The Morgan fingerprint density at radius 1 is 1.15 bits per heavy atom. The number of rotatable bonds is 6. The number of aliphatic carboxylic acids is 1. The molecule has 0 aliphatic rings. The zero-order valence-electron chi connectivity index (χ0n) is 16.0. The third-order valence-electron chi connectivity index (χ3n) is 3.84. The highest BCUT2D eigenvalue weighted by Gasteiger charge is 2.08. The second kappa shape index (κ2) is 8.52. The van der Waals surface area contributed by atoms with Gasteiger partial charge in [0, 0.05) is 5.69 Å². The maximum absolute atomic E-state index is 11.0. The molecular formula is C21H26N2O3. The fourth-order valence-electron chi connectivity index (χ4n) is 2.66. The minimum absolute atomic E-state index is 0.00156. The van der Waals surface area contributed by atoms with Crippen molar-refractivity contribution in [3.8, 4) is 5.75 Å². The molecule has 138 valence electrons. The fourth-order valence-corrected chi connectivity index (χ4v) is 2.66. The lowest BCUT2D eigenvalue weighted by Gasteiger charge is -2.12. The minimum atomic E-state index is -0.842. The van der Waals surface area contributed by atoms with Gasteiger partial charge in [0.05, 0.1) is 18.2 Å². The van der Waals surface area contributed by atoms with Crippen molar-refractivity contribution >= 4 is 23.2 Å². The molecule has 0 saturated heterocycles. The number of nitrogens with zero attached hydrogens (tertiary/aromatic N) is 1. The number of hydrogen-bond acceptors (Lipinski definition) is 3. The van der Waals surface area contributed by atoms with Crippen molar-refractivity contribution in [2.75, 3.05) is 5.32 Å². The summed E-state index contributed by atoms with van der Waals surface area (Å²) in [6, 6.07) is 11.5. The second-order valence-electron chi connectivity index (χ2n) is 6.65. The van der Waals surface area contributed by atoms with E-state index in [1.54, 1.807) is 0 Å². The van der Waals surface area contributed by atoms with Gasteiger partial charge in [-0.3, -0.25) is 4.79 Å². The monoisotopic (exact) mass is 354 g/mol. The van der Waals surface area contributed by atoms with Crippen LogP contribution in [0.5, 0.6) is 5.75 Å². The molecule has 0 spiro atoms. The smallest absolute Gasteiger partial charge is 0.307 e. The first-order valence-electron chi connectivity index (χ1n) is 8.65. The molecule has 2 aromatic carbocycles. The van der Waals surface area contributed by atoms with E-state index in [0.717, 1.165) is 39.7 Å². The number of nitrogens with one attached hydrogen (secondary N) is 1. The van der Waals surface area contributed by atoms with E-state index in [2.05, 4.69) is 10.3 Å². The zero-order chi connectivity index (χ0) is 19.3. The predicted octanol–water partition coefficient (Wildman–Crippen LogP) is 4.88. The summed E-state index contributed by atoms with van der Waals surface area (Å²) in [5, 5.41) is 12.3. The third-order valence-corrected chi connectivity index (χ3v) is 3.84. The lowest BCUT2D eigenvalue weighted by atomic mass is 10.0. The Morgan fingerprint density at radius 3 is 2.38 bits per heavy atom. The van der Waals surface area contributed by atoms with E-state index in [1.165, 1.54) is 0 Å². The zero-order valence-corrected chi connectivity index (χ0v) is 16.0. The van der Waals surface area contributed by atoms with Gasteiger partial charge in [-0.05, 0) is 81.6 Å². The quantitative estimate of drug-likeness (QED) is 0.573. The predicted molar refractivity (Wildman–Crippen MR) is 106 cm³/mol. The summed E-state index contributed by atoms with van der Waals surface area (Å²) in [6.45, 7) is 9.76. The van der Waals surface area contributed by atoms with Crippen LogP contribution in [0, 0.1) is 13.8 Å². The molecular weight excluding hydrogens is 328 g/mol. The molecule has 0 heterocycles. The molecule has 0 unspecified atom stereocenters. The van der Waals surface area contributed by atoms with Crippen molar-refractivity contribution in [1.82, 2.24) is 0 Å². The molecule has 0 saturated carbocycles. The van der Waals surface area contributed by atoms with Crippen molar-refractivity contribution in [3.63, 3.8) is 0 Å². The number of hydrogen-bond donors (Lipinski definition) is 2. The largest absolute Gasteiger partial charge is 0.491 e. The normalized spacial score (nSPS) is 11.5. The van der Waals surface area contributed by atoms with Crippen LogP contribution < -0.4 is 10.1 Å². The molecule has 2 rings (SSSR count). The topological polar surface area (TPSA) is 70.9 Å². The molecule has 0 aromatic heterocycles. The van der Waals surface area contributed by atoms with Crippen LogP contribution in [0.15, 0.2) is 41.4 Å². The number of ether oxygens (including phenoxy) is 1. The molecule has 0 bridgehead atoms. The summed E-state index contributed by atoms with van der Waals surface area (Å²) in [5.41, 5.74) is 4.45. The van der Waals surface area contributed by atoms with E-state index in [0.29, 0.717) is 0 Å². The van der Waals surface area contributed by atoms with Gasteiger partial charge in [0.25, 0.3) is 0 Å². The van der Waals surface area contributed by atoms with Crippen LogP contribution in [-0.2, 0) is 11.2 Å². The molecule has 5 heteroatoms. The van der Waals surface area contributed by atoms with Gasteiger partial charge in [-0.25, -0.2) is 4.99 Å². The summed E-state index contributed by atoms with van der Waals surface area (Å²) >= 11 is 0. The molecule has 2 aromatic rings. The van der Waals surface area contributed by atoms with Crippen molar-refractivity contribution in [2.45, 2.75) is 47.1 Å². The Kier molecular flexibility index (Phi) is 6.39. The number of carbonyl (C=O) groups is 1. The van der Waals surface area contributed by atoms with Gasteiger partial charge < -0.3 is 15.2 Å². The Balaban J connectivity index is 2.17. The van der Waals surface area contributed by atoms with Crippen molar-refractivity contribution in [1.29, 1.82) is 0 Å². The van der Waals surface area contributed by atoms with E-state index in [1.807, 2.05) is 71.0 Å². The van der Waals surface area contributed by atoms with Gasteiger partial charge in [0.2, 0.25) is 0 Å². The maximum atomic E-state index is 11.0. The van der Waals surface area contributed by atoms with Crippen LogP contribution >= 0.6 is 0 Å². The van der Waals surface area contributed by atoms with Crippen LogP contribution in [0.25, 0.3) is 0 Å². The van der Waals surface area contributed by atoms with Crippen LogP contribution in [0.2, 0.25) is 0 Å². The highest BCUT2D eigenvalue weighted by atomic mass is 16.5. The maximum Gasteiger partial charge on any atom is 0.307 e.